The van der Waals surface area contributed by atoms with Gasteiger partial charge in [-0.2, -0.15) is 0 Å². The number of ether oxygens (including phenoxy) is 1. The first kappa shape index (κ1) is 29.0. The summed E-state index contributed by atoms with van der Waals surface area (Å²) < 4.78 is 6.00. The zero-order valence-electron chi connectivity index (χ0n) is 22.6. The van der Waals surface area contributed by atoms with E-state index in [1.165, 1.54) is 6.42 Å². The van der Waals surface area contributed by atoms with Crippen molar-refractivity contribution in [2.75, 3.05) is 6.61 Å². The molecule has 1 saturated carbocycles. The Hall–Kier alpha value is -3.02. The van der Waals surface area contributed by atoms with Crippen LogP contribution in [-0.2, 0) is 22.6 Å². The number of nitrogens with zero attached hydrogens (tertiary/aromatic N) is 1. The van der Waals surface area contributed by atoms with Crippen LogP contribution in [-0.4, -0.2) is 35.4 Å². The Morgan fingerprint density at radius 3 is 2.28 bits per heavy atom. The minimum Gasteiger partial charge on any atom is -0.483 e. The van der Waals surface area contributed by atoms with Gasteiger partial charge in [0.05, 0.1) is 0 Å². The number of halogens is 2. The Labute approximate surface area is 241 Å². The van der Waals surface area contributed by atoms with Crippen LogP contribution in [0.15, 0.2) is 66.7 Å². The molecule has 1 atom stereocenters. The monoisotopic (exact) mass is 566 g/mol. The standard InChI is InChI=1S/C32H36Cl2N2O3/c1-22-11-9-18-30(23(22)2)39-21-31(37)36(20-26-27(33)16-10-17-28(26)34)29(19-24-12-5-3-6-13-24)32(38)35-25-14-7-4-8-15-25/h3,5-6,9-13,16-18,25,29H,4,7-8,14-15,19-21H2,1-2H3,(H,35,38). The molecular weight excluding hydrogens is 531 g/mol. The summed E-state index contributed by atoms with van der Waals surface area (Å²) in [4.78, 5) is 29.4. The molecule has 0 spiro atoms. The van der Waals surface area contributed by atoms with Crippen LogP contribution in [0.4, 0.5) is 0 Å². The molecule has 0 heterocycles. The third-order valence-electron chi connectivity index (χ3n) is 7.52. The molecule has 0 bridgehead atoms. The topological polar surface area (TPSA) is 58.6 Å². The predicted molar refractivity (Wildman–Crippen MR) is 157 cm³/mol. The summed E-state index contributed by atoms with van der Waals surface area (Å²) >= 11 is 13.1. The molecule has 3 aromatic carbocycles. The van der Waals surface area contributed by atoms with E-state index in [9.17, 15) is 9.59 Å². The van der Waals surface area contributed by atoms with Crippen molar-refractivity contribution in [2.24, 2.45) is 0 Å². The maximum Gasteiger partial charge on any atom is 0.261 e. The zero-order valence-corrected chi connectivity index (χ0v) is 24.1. The SMILES string of the molecule is Cc1cccc(OCC(=O)N(Cc2c(Cl)cccc2Cl)C(Cc2ccccc2)C(=O)NC2CCCCC2)c1C. The lowest BCUT2D eigenvalue weighted by Crippen LogP contribution is -2.53. The van der Waals surface area contributed by atoms with Gasteiger partial charge < -0.3 is 15.0 Å². The molecular formula is C32H36Cl2N2O3. The number of rotatable bonds is 10. The van der Waals surface area contributed by atoms with E-state index in [2.05, 4.69) is 5.32 Å². The van der Waals surface area contributed by atoms with E-state index >= 15 is 0 Å². The average Bonchev–Trinajstić information content (AvgIpc) is 2.94. The summed E-state index contributed by atoms with van der Waals surface area (Å²) in [5.41, 5.74) is 3.61. The molecule has 206 valence electrons. The van der Waals surface area contributed by atoms with E-state index < -0.39 is 6.04 Å². The Kier molecular flexibility index (Phi) is 10.3. The average molecular weight is 568 g/mol. The molecule has 7 heteroatoms. The van der Waals surface area contributed by atoms with E-state index in [-0.39, 0.29) is 31.0 Å². The van der Waals surface area contributed by atoms with Gasteiger partial charge in [0, 0.05) is 34.6 Å². The number of carbonyl (C=O) groups is 2. The van der Waals surface area contributed by atoms with Crippen LogP contribution in [0, 0.1) is 13.8 Å². The molecule has 0 saturated heterocycles. The number of benzene rings is 3. The highest BCUT2D eigenvalue weighted by molar-refractivity contribution is 6.36. The van der Waals surface area contributed by atoms with Gasteiger partial charge in [-0.05, 0) is 61.6 Å². The molecule has 2 amide bonds. The summed E-state index contributed by atoms with van der Waals surface area (Å²) in [5, 5.41) is 4.13. The zero-order chi connectivity index (χ0) is 27.8. The number of hydrogen-bond acceptors (Lipinski definition) is 3. The van der Waals surface area contributed by atoms with Crippen molar-refractivity contribution in [1.82, 2.24) is 10.2 Å². The fourth-order valence-corrected chi connectivity index (χ4v) is 5.57. The normalized spacial score (nSPS) is 14.5. The number of amides is 2. The minimum atomic E-state index is -0.767. The number of carbonyl (C=O) groups excluding carboxylic acids is 2. The number of aryl methyl sites for hydroxylation is 1. The second kappa shape index (κ2) is 13.9. The Morgan fingerprint density at radius 1 is 0.923 bits per heavy atom. The highest BCUT2D eigenvalue weighted by atomic mass is 35.5. The second-order valence-corrected chi connectivity index (χ2v) is 11.1. The predicted octanol–water partition coefficient (Wildman–Crippen LogP) is 7.08. The van der Waals surface area contributed by atoms with Gasteiger partial charge >= 0.3 is 0 Å². The first-order valence-electron chi connectivity index (χ1n) is 13.6. The van der Waals surface area contributed by atoms with Gasteiger partial charge in [0.15, 0.2) is 6.61 Å². The molecule has 3 aromatic rings. The molecule has 1 unspecified atom stereocenters. The van der Waals surface area contributed by atoms with Crippen molar-refractivity contribution < 1.29 is 14.3 Å². The highest BCUT2D eigenvalue weighted by Crippen LogP contribution is 2.28. The highest BCUT2D eigenvalue weighted by Gasteiger charge is 2.33. The lowest BCUT2D eigenvalue weighted by atomic mass is 9.94. The smallest absolute Gasteiger partial charge is 0.261 e. The van der Waals surface area contributed by atoms with Crippen molar-refractivity contribution >= 4 is 35.0 Å². The molecule has 39 heavy (non-hydrogen) atoms. The van der Waals surface area contributed by atoms with Crippen LogP contribution in [0.3, 0.4) is 0 Å². The second-order valence-electron chi connectivity index (χ2n) is 10.3. The molecule has 0 aliphatic heterocycles. The molecule has 5 nitrogen and oxygen atoms in total. The van der Waals surface area contributed by atoms with E-state index in [0.717, 1.165) is 42.4 Å². The van der Waals surface area contributed by atoms with Crippen molar-refractivity contribution in [3.8, 4) is 5.75 Å². The van der Waals surface area contributed by atoms with Crippen molar-refractivity contribution in [1.29, 1.82) is 0 Å². The molecule has 1 N–H and O–H groups in total. The molecule has 1 aliphatic carbocycles. The summed E-state index contributed by atoms with van der Waals surface area (Å²) in [7, 11) is 0. The van der Waals surface area contributed by atoms with Crippen LogP contribution in [0.25, 0.3) is 0 Å². The van der Waals surface area contributed by atoms with Gasteiger partial charge in [-0.1, -0.05) is 91.0 Å². The van der Waals surface area contributed by atoms with E-state index in [1.807, 2.05) is 62.4 Å². The van der Waals surface area contributed by atoms with Crippen molar-refractivity contribution in [2.45, 2.75) is 71.0 Å². The molecule has 1 fully saturated rings. The van der Waals surface area contributed by atoms with Gasteiger partial charge in [-0.15, -0.1) is 0 Å². The largest absolute Gasteiger partial charge is 0.483 e. The summed E-state index contributed by atoms with van der Waals surface area (Å²) in [6, 6.07) is 20.1. The molecule has 1 aliphatic rings. The van der Waals surface area contributed by atoms with Crippen LogP contribution in [0.5, 0.6) is 5.75 Å². The van der Waals surface area contributed by atoms with E-state index in [1.54, 1.807) is 23.1 Å². The van der Waals surface area contributed by atoms with Crippen LogP contribution in [0.2, 0.25) is 10.0 Å². The lowest BCUT2D eigenvalue weighted by molar-refractivity contribution is -0.143. The van der Waals surface area contributed by atoms with Gasteiger partial charge in [-0.25, -0.2) is 0 Å². The Balaban J connectivity index is 1.66. The Bertz CT molecular complexity index is 1260. The lowest BCUT2D eigenvalue weighted by Gasteiger charge is -2.34. The molecule has 0 radical (unpaired) electrons. The molecule has 4 rings (SSSR count). The fraction of sp³-hybridized carbons (Fsp3) is 0.375. The minimum absolute atomic E-state index is 0.0864. The van der Waals surface area contributed by atoms with Gasteiger partial charge in [0.25, 0.3) is 5.91 Å². The summed E-state index contributed by atoms with van der Waals surface area (Å²) in [5.74, 6) is 0.158. The Morgan fingerprint density at radius 2 is 1.59 bits per heavy atom. The van der Waals surface area contributed by atoms with Crippen LogP contribution in [0.1, 0.15) is 54.4 Å². The van der Waals surface area contributed by atoms with Gasteiger partial charge in [0.2, 0.25) is 5.91 Å². The van der Waals surface area contributed by atoms with Crippen LogP contribution < -0.4 is 10.1 Å². The third-order valence-corrected chi connectivity index (χ3v) is 8.23. The van der Waals surface area contributed by atoms with Crippen molar-refractivity contribution in [3.05, 3.63) is 99.0 Å². The van der Waals surface area contributed by atoms with E-state index in [4.69, 9.17) is 27.9 Å². The number of nitrogens with one attached hydrogen (secondary N) is 1. The number of hydrogen-bond donors (Lipinski definition) is 1. The van der Waals surface area contributed by atoms with Gasteiger partial charge in [0.1, 0.15) is 11.8 Å². The van der Waals surface area contributed by atoms with Crippen molar-refractivity contribution in [3.63, 3.8) is 0 Å². The van der Waals surface area contributed by atoms with Crippen LogP contribution >= 0.6 is 23.2 Å². The first-order valence-corrected chi connectivity index (χ1v) is 14.3. The maximum atomic E-state index is 13.9. The van der Waals surface area contributed by atoms with E-state index in [0.29, 0.717) is 27.8 Å². The summed E-state index contributed by atoms with van der Waals surface area (Å²) in [6.45, 7) is 3.84. The fourth-order valence-electron chi connectivity index (χ4n) is 5.05. The van der Waals surface area contributed by atoms with Gasteiger partial charge in [-0.3, -0.25) is 9.59 Å². The maximum absolute atomic E-state index is 13.9. The third kappa shape index (κ3) is 7.77. The summed E-state index contributed by atoms with van der Waals surface area (Å²) in [6.07, 6.45) is 5.63. The first-order chi connectivity index (χ1) is 18.8. The molecule has 0 aromatic heterocycles. The quantitative estimate of drug-likeness (QED) is 0.285.